The summed E-state index contributed by atoms with van der Waals surface area (Å²) in [7, 11) is 1.91. The van der Waals surface area contributed by atoms with E-state index < -0.39 is 0 Å². The molecule has 2 aliphatic rings. The summed E-state index contributed by atoms with van der Waals surface area (Å²) in [5.41, 5.74) is 0. The number of hydrogen-bond donors (Lipinski definition) is 0. The normalized spacial score (nSPS) is 25.2. The topological polar surface area (TPSA) is 42.0 Å². The Hall–Kier alpha value is -0.650. The Kier molecular flexibility index (Phi) is 6.07. The zero-order valence-electron chi connectivity index (χ0n) is 12.0. The number of ether oxygens (including phenoxy) is 2. The fourth-order valence-corrected chi connectivity index (χ4v) is 2.61. The Morgan fingerprint density at radius 2 is 2.05 bits per heavy atom. The fourth-order valence-electron chi connectivity index (χ4n) is 2.61. The SMILES string of the molecule is CN(CCN1CCOCC1)C(=O)CC1CCCOC1. The third kappa shape index (κ3) is 5.09. The van der Waals surface area contributed by atoms with Crippen LogP contribution in [0.25, 0.3) is 0 Å². The quantitative estimate of drug-likeness (QED) is 0.733. The average Bonchev–Trinajstić information content (AvgIpc) is 2.47. The van der Waals surface area contributed by atoms with E-state index in [1.165, 1.54) is 0 Å². The van der Waals surface area contributed by atoms with Gasteiger partial charge in [-0.15, -0.1) is 0 Å². The molecule has 5 heteroatoms. The fraction of sp³-hybridized carbons (Fsp3) is 0.929. The first-order valence-electron chi connectivity index (χ1n) is 7.37. The first-order chi connectivity index (χ1) is 9.25. The lowest BCUT2D eigenvalue weighted by atomic mass is 9.98. The number of rotatable bonds is 5. The molecule has 2 aliphatic heterocycles. The van der Waals surface area contributed by atoms with Crippen LogP contribution in [0.15, 0.2) is 0 Å². The molecule has 110 valence electrons. The first-order valence-corrected chi connectivity index (χ1v) is 7.37. The van der Waals surface area contributed by atoms with Crippen LogP contribution in [0.3, 0.4) is 0 Å². The van der Waals surface area contributed by atoms with Crippen LogP contribution in [0.5, 0.6) is 0 Å². The Balaban J connectivity index is 1.63. The van der Waals surface area contributed by atoms with Crippen LogP contribution < -0.4 is 0 Å². The molecular formula is C14H26N2O3. The van der Waals surface area contributed by atoms with Crippen LogP contribution in [0.2, 0.25) is 0 Å². The third-order valence-electron chi connectivity index (χ3n) is 4.00. The molecule has 0 aromatic rings. The molecule has 0 N–H and O–H groups in total. The Morgan fingerprint density at radius 1 is 1.26 bits per heavy atom. The van der Waals surface area contributed by atoms with Gasteiger partial charge in [-0.2, -0.15) is 0 Å². The highest BCUT2D eigenvalue weighted by atomic mass is 16.5. The van der Waals surface area contributed by atoms with Gasteiger partial charge in [-0.05, 0) is 18.8 Å². The van der Waals surface area contributed by atoms with Crippen LogP contribution in [-0.2, 0) is 14.3 Å². The van der Waals surface area contributed by atoms with Crippen molar-refractivity contribution in [3.8, 4) is 0 Å². The lowest BCUT2D eigenvalue weighted by Crippen LogP contribution is -2.42. The summed E-state index contributed by atoms with van der Waals surface area (Å²) < 4.78 is 10.7. The summed E-state index contributed by atoms with van der Waals surface area (Å²) in [4.78, 5) is 16.3. The van der Waals surface area contributed by atoms with Gasteiger partial charge in [-0.1, -0.05) is 0 Å². The molecule has 0 spiro atoms. The van der Waals surface area contributed by atoms with Gasteiger partial charge in [0, 0.05) is 52.9 Å². The van der Waals surface area contributed by atoms with Gasteiger partial charge >= 0.3 is 0 Å². The predicted octanol–water partition coefficient (Wildman–Crippen LogP) is 0.594. The van der Waals surface area contributed by atoms with E-state index in [1.54, 1.807) is 0 Å². The molecule has 2 rings (SSSR count). The number of morpholine rings is 1. The molecule has 0 saturated carbocycles. The number of carbonyl (C=O) groups is 1. The van der Waals surface area contributed by atoms with Gasteiger partial charge in [0.1, 0.15) is 0 Å². The van der Waals surface area contributed by atoms with E-state index in [4.69, 9.17) is 9.47 Å². The predicted molar refractivity (Wildman–Crippen MR) is 73.1 cm³/mol. The second-order valence-electron chi connectivity index (χ2n) is 5.56. The van der Waals surface area contributed by atoms with Gasteiger partial charge in [0.25, 0.3) is 0 Å². The third-order valence-corrected chi connectivity index (χ3v) is 4.00. The lowest BCUT2D eigenvalue weighted by molar-refractivity contribution is -0.132. The van der Waals surface area contributed by atoms with Crippen molar-refractivity contribution in [2.75, 3.05) is 59.7 Å². The Morgan fingerprint density at radius 3 is 2.74 bits per heavy atom. The highest BCUT2D eigenvalue weighted by molar-refractivity contribution is 5.76. The number of nitrogens with zero attached hydrogens (tertiary/aromatic N) is 2. The van der Waals surface area contributed by atoms with E-state index in [0.29, 0.717) is 12.3 Å². The van der Waals surface area contributed by atoms with E-state index in [1.807, 2.05) is 11.9 Å². The van der Waals surface area contributed by atoms with Crippen molar-refractivity contribution < 1.29 is 14.3 Å². The Bertz CT molecular complexity index is 274. The van der Waals surface area contributed by atoms with Crippen molar-refractivity contribution in [2.24, 2.45) is 5.92 Å². The maximum absolute atomic E-state index is 12.1. The van der Waals surface area contributed by atoms with Crippen molar-refractivity contribution >= 4 is 5.91 Å². The molecule has 19 heavy (non-hydrogen) atoms. The summed E-state index contributed by atoms with van der Waals surface area (Å²) in [6, 6.07) is 0. The second-order valence-corrected chi connectivity index (χ2v) is 5.56. The Labute approximate surface area is 115 Å². The van der Waals surface area contributed by atoms with Crippen molar-refractivity contribution in [3.05, 3.63) is 0 Å². The van der Waals surface area contributed by atoms with E-state index >= 15 is 0 Å². The van der Waals surface area contributed by atoms with E-state index in [9.17, 15) is 4.79 Å². The van der Waals surface area contributed by atoms with Crippen LogP contribution in [0.4, 0.5) is 0 Å². The summed E-state index contributed by atoms with van der Waals surface area (Å²) in [5, 5.41) is 0. The van der Waals surface area contributed by atoms with Crippen LogP contribution in [0, 0.1) is 5.92 Å². The minimum Gasteiger partial charge on any atom is -0.381 e. The van der Waals surface area contributed by atoms with E-state index in [2.05, 4.69) is 4.90 Å². The molecule has 1 amide bonds. The molecule has 2 heterocycles. The molecule has 2 fully saturated rings. The maximum Gasteiger partial charge on any atom is 0.222 e. The largest absolute Gasteiger partial charge is 0.381 e. The smallest absolute Gasteiger partial charge is 0.222 e. The number of amides is 1. The van der Waals surface area contributed by atoms with Crippen molar-refractivity contribution in [1.29, 1.82) is 0 Å². The highest BCUT2D eigenvalue weighted by Crippen LogP contribution is 2.17. The van der Waals surface area contributed by atoms with Gasteiger partial charge in [-0.3, -0.25) is 9.69 Å². The monoisotopic (exact) mass is 270 g/mol. The van der Waals surface area contributed by atoms with Gasteiger partial charge in [-0.25, -0.2) is 0 Å². The van der Waals surface area contributed by atoms with E-state index in [0.717, 1.165) is 65.4 Å². The summed E-state index contributed by atoms with van der Waals surface area (Å²) in [5.74, 6) is 0.677. The first kappa shape index (κ1) is 14.8. The van der Waals surface area contributed by atoms with Crippen LogP contribution in [0.1, 0.15) is 19.3 Å². The average molecular weight is 270 g/mol. The zero-order chi connectivity index (χ0) is 13.5. The van der Waals surface area contributed by atoms with Gasteiger partial charge in [0.2, 0.25) is 5.91 Å². The second kappa shape index (κ2) is 7.82. The minimum absolute atomic E-state index is 0.253. The standard InChI is InChI=1S/C14H26N2O3/c1-15(4-5-16-6-9-18-10-7-16)14(17)11-13-3-2-8-19-12-13/h13H,2-12H2,1H3. The number of likely N-dealkylation sites (N-methyl/N-ethyl adjacent to an activating group) is 1. The van der Waals surface area contributed by atoms with Gasteiger partial charge < -0.3 is 14.4 Å². The van der Waals surface area contributed by atoms with Gasteiger partial charge in [0.15, 0.2) is 0 Å². The van der Waals surface area contributed by atoms with Crippen LogP contribution >= 0.6 is 0 Å². The molecule has 0 aliphatic carbocycles. The summed E-state index contributed by atoms with van der Waals surface area (Å²) >= 11 is 0. The van der Waals surface area contributed by atoms with Crippen molar-refractivity contribution in [1.82, 2.24) is 9.80 Å². The molecule has 5 nitrogen and oxygen atoms in total. The molecule has 1 atom stereocenters. The number of carbonyl (C=O) groups excluding carboxylic acids is 1. The molecular weight excluding hydrogens is 244 g/mol. The highest BCUT2D eigenvalue weighted by Gasteiger charge is 2.20. The minimum atomic E-state index is 0.253. The zero-order valence-corrected chi connectivity index (χ0v) is 12.0. The molecule has 0 bridgehead atoms. The van der Waals surface area contributed by atoms with Crippen LogP contribution in [-0.4, -0.2) is 75.4 Å². The van der Waals surface area contributed by atoms with Gasteiger partial charge in [0.05, 0.1) is 13.2 Å². The lowest BCUT2D eigenvalue weighted by Gasteiger charge is -2.29. The maximum atomic E-state index is 12.1. The molecule has 0 aromatic carbocycles. The molecule has 1 unspecified atom stereocenters. The summed E-state index contributed by atoms with van der Waals surface area (Å²) in [6.45, 7) is 6.98. The van der Waals surface area contributed by atoms with E-state index in [-0.39, 0.29) is 5.91 Å². The summed E-state index contributed by atoms with van der Waals surface area (Å²) in [6.07, 6.45) is 2.86. The molecule has 0 aromatic heterocycles. The number of hydrogen-bond acceptors (Lipinski definition) is 4. The van der Waals surface area contributed by atoms with Crippen molar-refractivity contribution in [3.63, 3.8) is 0 Å². The molecule has 0 radical (unpaired) electrons. The van der Waals surface area contributed by atoms with Crippen molar-refractivity contribution in [2.45, 2.75) is 19.3 Å². The molecule has 2 saturated heterocycles.